The van der Waals surface area contributed by atoms with Crippen LogP contribution in [0.4, 0.5) is 0 Å². The molecule has 1 aliphatic heterocycles. The Morgan fingerprint density at radius 1 is 0.493 bits per heavy atom. The SMILES string of the molecule is CCCCCCCCCCC/C=C\C/C=C\CCCCCCCCCCC(O)C(=O)NC(COC1OC(CO)C(O)C(O)C1O)C(O)C(O)CCCCCCCCCCCCCCCCCCCCCC. The first-order valence-electron chi connectivity index (χ1n) is 30.2. The molecule has 1 amide bonds. The molecule has 9 unspecified atom stereocenters. The van der Waals surface area contributed by atoms with E-state index in [0.717, 1.165) is 51.4 Å². The number of carbonyl (C=O) groups excluding carboxylic acids is 1. The summed E-state index contributed by atoms with van der Waals surface area (Å²) in [6.45, 7) is 3.49. The smallest absolute Gasteiger partial charge is 0.249 e. The number of amides is 1. The van der Waals surface area contributed by atoms with Crippen molar-refractivity contribution in [3.8, 4) is 0 Å². The Labute approximate surface area is 435 Å². The van der Waals surface area contributed by atoms with E-state index in [1.165, 1.54) is 193 Å². The quantitative estimate of drug-likeness (QED) is 0.0215. The Hall–Kier alpha value is -1.41. The highest BCUT2D eigenvalue weighted by atomic mass is 16.7. The maximum absolute atomic E-state index is 13.2. The Morgan fingerprint density at radius 3 is 1.25 bits per heavy atom. The van der Waals surface area contributed by atoms with E-state index < -0.39 is 74.2 Å². The fourth-order valence-electron chi connectivity index (χ4n) is 9.83. The van der Waals surface area contributed by atoms with Crippen molar-refractivity contribution < 1.29 is 50.0 Å². The van der Waals surface area contributed by atoms with Gasteiger partial charge in [0.15, 0.2) is 6.29 Å². The highest BCUT2D eigenvalue weighted by molar-refractivity contribution is 5.80. The zero-order chi connectivity index (χ0) is 51.8. The van der Waals surface area contributed by atoms with Gasteiger partial charge < -0.3 is 50.5 Å². The van der Waals surface area contributed by atoms with Crippen LogP contribution in [0.25, 0.3) is 0 Å². The number of aliphatic hydroxyl groups is 7. The summed E-state index contributed by atoms with van der Waals surface area (Å²) in [5, 5.41) is 76.2. The molecule has 11 heteroatoms. The molecule has 1 rings (SSSR count). The Kier molecular flexibility index (Phi) is 47.1. The molecule has 1 saturated heterocycles. The van der Waals surface area contributed by atoms with Gasteiger partial charge in [-0.3, -0.25) is 4.79 Å². The van der Waals surface area contributed by atoms with Crippen LogP contribution in [-0.4, -0.2) is 110 Å². The van der Waals surface area contributed by atoms with E-state index in [9.17, 15) is 40.5 Å². The molecule has 1 aliphatic rings. The van der Waals surface area contributed by atoms with Gasteiger partial charge in [0.1, 0.15) is 36.6 Å². The molecule has 0 saturated carbocycles. The van der Waals surface area contributed by atoms with Gasteiger partial charge in [-0.1, -0.05) is 263 Å². The van der Waals surface area contributed by atoms with Gasteiger partial charge in [0, 0.05) is 0 Å². The summed E-state index contributed by atoms with van der Waals surface area (Å²) < 4.78 is 11.2. The lowest BCUT2D eigenvalue weighted by molar-refractivity contribution is -0.303. The van der Waals surface area contributed by atoms with Crippen LogP contribution < -0.4 is 5.32 Å². The monoisotopic (exact) mass is 1010 g/mol. The second-order valence-electron chi connectivity index (χ2n) is 21.4. The number of hydrogen-bond donors (Lipinski definition) is 8. The number of hydrogen-bond acceptors (Lipinski definition) is 10. The largest absolute Gasteiger partial charge is 0.394 e. The van der Waals surface area contributed by atoms with Gasteiger partial charge in [-0.15, -0.1) is 0 Å². The van der Waals surface area contributed by atoms with Crippen molar-refractivity contribution in [3.05, 3.63) is 24.3 Å². The lowest BCUT2D eigenvalue weighted by Gasteiger charge is -2.40. The van der Waals surface area contributed by atoms with Crippen molar-refractivity contribution in [2.45, 2.75) is 339 Å². The van der Waals surface area contributed by atoms with Crippen molar-refractivity contribution >= 4 is 5.91 Å². The van der Waals surface area contributed by atoms with E-state index in [1.54, 1.807) is 0 Å². The molecule has 71 heavy (non-hydrogen) atoms. The lowest BCUT2D eigenvalue weighted by Crippen LogP contribution is -2.60. The van der Waals surface area contributed by atoms with Crippen LogP contribution >= 0.6 is 0 Å². The van der Waals surface area contributed by atoms with Crippen molar-refractivity contribution in [2.75, 3.05) is 13.2 Å². The summed E-state index contributed by atoms with van der Waals surface area (Å²) in [5.41, 5.74) is 0. The van der Waals surface area contributed by atoms with Crippen molar-refractivity contribution in [2.24, 2.45) is 0 Å². The molecular weight excluding hydrogens is 895 g/mol. The number of allylic oxidation sites excluding steroid dienone is 4. The molecule has 1 fully saturated rings. The molecule has 11 nitrogen and oxygen atoms in total. The summed E-state index contributed by atoms with van der Waals surface area (Å²) in [6.07, 6.45) is 47.9. The molecule has 0 aromatic heterocycles. The van der Waals surface area contributed by atoms with E-state index >= 15 is 0 Å². The van der Waals surface area contributed by atoms with Crippen molar-refractivity contribution in [1.82, 2.24) is 5.32 Å². The summed E-state index contributed by atoms with van der Waals surface area (Å²) in [6, 6.07) is -1.17. The first-order valence-corrected chi connectivity index (χ1v) is 30.2. The third-order valence-electron chi connectivity index (χ3n) is 14.8. The van der Waals surface area contributed by atoms with Gasteiger partial charge in [-0.05, 0) is 44.9 Å². The maximum Gasteiger partial charge on any atom is 0.249 e. The highest BCUT2D eigenvalue weighted by Crippen LogP contribution is 2.24. The Morgan fingerprint density at radius 2 is 0.859 bits per heavy atom. The van der Waals surface area contributed by atoms with E-state index in [-0.39, 0.29) is 6.42 Å². The summed E-state index contributed by atoms with van der Waals surface area (Å²) in [4.78, 5) is 13.2. The van der Waals surface area contributed by atoms with Crippen LogP contribution in [0, 0.1) is 0 Å². The summed E-state index contributed by atoms with van der Waals surface area (Å²) >= 11 is 0. The van der Waals surface area contributed by atoms with Gasteiger partial charge in [-0.25, -0.2) is 0 Å². The molecule has 9 atom stereocenters. The van der Waals surface area contributed by atoms with E-state index in [2.05, 4.69) is 43.5 Å². The van der Waals surface area contributed by atoms with Crippen molar-refractivity contribution in [3.63, 3.8) is 0 Å². The molecule has 420 valence electrons. The maximum atomic E-state index is 13.2. The van der Waals surface area contributed by atoms with Crippen molar-refractivity contribution in [1.29, 1.82) is 0 Å². The fraction of sp³-hybridized carbons (Fsp3) is 0.917. The van der Waals surface area contributed by atoms with Crippen LogP contribution in [0.5, 0.6) is 0 Å². The van der Waals surface area contributed by atoms with Crippen LogP contribution in [0.1, 0.15) is 284 Å². The minimum atomic E-state index is -1.66. The zero-order valence-corrected chi connectivity index (χ0v) is 46.0. The van der Waals surface area contributed by atoms with Crippen LogP contribution in [0.3, 0.4) is 0 Å². The van der Waals surface area contributed by atoms with Crippen LogP contribution in [0.15, 0.2) is 24.3 Å². The number of aliphatic hydroxyl groups excluding tert-OH is 7. The Bertz CT molecular complexity index is 1200. The lowest BCUT2D eigenvalue weighted by atomic mass is 9.98. The number of nitrogens with one attached hydrogen (secondary N) is 1. The normalized spacial score (nSPS) is 20.3. The second-order valence-corrected chi connectivity index (χ2v) is 21.4. The van der Waals surface area contributed by atoms with Gasteiger partial charge >= 0.3 is 0 Å². The molecule has 8 N–H and O–H groups in total. The minimum Gasteiger partial charge on any atom is -0.394 e. The average molecular weight is 1010 g/mol. The third kappa shape index (κ3) is 37.9. The summed E-state index contributed by atoms with van der Waals surface area (Å²) in [7, 11) is 0. The van der Waals surface area contributed by atoms with Gasteiger partial charge in [0.25, 0.3) is 0 Å². The molecule has 0 radical (unpaired) electrons. The predicted molar refractivity (Wildman–Crippen MR) is 293 cm³/mol. The first-order chi connectivity index (χ1) is 34.7. The number of carbonyl (C=O) groups is 1. The van der Waals surface area contributed by atoms with E-state index in [1.807, 2.05) is 0 Å². The molecule has 0 aliphatic carbocycles. The molecule has 0 aromatic carbocycles. The fourth-order valence-corrected chi connectivity index (χ4v) is 9.83. The Balaban J connectivity index is 2.30. The standard InChI is InChI=1S/C60H115NO10/c1-3-5-7-9-11-13-15-17-19-21-23-25-26-27-28-30-32-34-36-38-40-42-44-46-48-53(64)59(69)61-51(50-70-60-58(68)57(67)56(66)54(49-62)71-60)55(65)52(63)47-45-43-41-39-37-35-33-31-29-24-22-20-18-16-14-12-10-8-6-4-2/h23,25,27-28,51-58,60,62-68H,3-22,24,26,29-50H2,1-2H3,(H,61,69)/b25-23-,28-27-. The molecule has 1 heterocycles. The van der Waals surface area contributed by atoms with Gasteiger partial charge in [-0.2, -0.15) is 0 Å². The average Bonchev–Trinajstić information content (AvgIpc) is 3.37. The predicted octanol–water partition coefficient (Wildman–Crippen LogP) is 12.9. The van der Waals surface area contributed by atoms with Crippen LogP contribution in [-0.2, 0) is 14.3 Å². The molecule has 0 spiro atoms. The molecule has 0 bridgehead atoms. The molecular formula is C60H115NO10. The first kappa shape index (κ1) is 67.6. The van der Waals surface area contributed by atoms with Crippen LogP contribution in [0.2, 0.25) is 0 Å². The zero-order valence-electron chi connectivity index (χ0n) is 46.0. The number of rotatable bonds is 52. The summed E-state index contributed by atoms with van der Waals surface area (Å²) in [5.74, 6) is -0.698. The van der Waals surface area contributed by atoms with E-state index in [0.29, 0.717) is 19.3 Å². The van der Waals surface area contributed by atoms with Gasteiger partial charge in [0.2, 0.25) is 5.91 Å². The second kappa shape index (κ2) is 49.5. The number of unbranched alkanes of at least 4 members (excludes halogenated alkanes) is 36. The topological polar surface area (TPSA) is 189 Å². The van der Waals surface area contributed by atoms with Gasteiger partial charge in [0.05, 0.1) is 25.4 Å². The van der Waals surface area contributed by atoms with E-state index in [4.69, 9.17) is 9.47 Å². The minimum absolute atomic E-state index is 0.255. The molecule has 0 aromatic rings. The number of ether oxygens (including phenoxy) is 2. The third-order valence-corrected chi connectivity index (χ3v) is 14.8. The highest BCUT2D eigenvalue weighted by Gasteiger charge is 2.44.